The maximum atomic E-state index is 12.8. The van der Waals surface area contributed by atoms with E-state index in [-0.39, 0.29) is 6.03 Å². The lowest BCUT2D eigenvalue weighted by molar-refractivity contribution is 0.121. The van der Waals surface area contributed by atoms with Crippen molar-refractivity contribution in [2.45, 2.75) is 39.3 Å². The second-order valence-electron chi connectivity index (χ2n) is 7.52. The van der Waals surface area contributed by atoms with Crippen LogP contribution in [0.15, 0.2) is 0 Å². The lowest BCUT2D eigenvalue weighted by Gasteiger charge is -2.25. The van der Waals surface area contributed by atoms with Crippen LogP contribution in [0.1, 0.15) is 29.8 Å². The molecule has 0 spiro atoms. The van der Waals surface area contributed by atoms with Gasteiger partial charge in [-0.15, -0.1) is 0 Å². The third kappa shape index (κ3) is 4.52. The highest BCUT2D eigenvalue weighted by molar-refractivity contribution is 5.75. The number of hydrogen-bond acceptors (Lipinski definition) is 4. The fourth-order valence-corrected chi connectivity index (χ4v) is 3.48. The molecule has 2 aliphatic rings. The van der Waals surface area contributed by atoms with Crippen LogP contribution in [0.3, 0.4) is 0 Å². The van der Waals surface area contributed by atoms with Crippen LogP contribution in [0, 0.1) is 19.8 Å². The summed E-state index contributed by atoms with van der Waals surface area (Å²) in [4.78, 5) is 17.1. The molecule has 7 heteroatoms. The Kier molecular flexibility index (Phi) is 5.64. The average Bonchev–Trinajstić information content (AvgIpc) is 3.38. The first-order valence-corrected chi connectivity index (χ1v) is 9.25. The Morgan fingerprint density at radius 3 is 2.76 bits per heavy atom. The molecule has 2 heterocycles. The molecule has 0 bridgehead atoms. The van der Waals surface area contributed by atoms with Gasteiger partial charge in [0.05, 0.1) is 25.5 Å². The summed E-state index contributed by atoms with van der Waals surface area (Å²) in [6.45, 7) is 8.80. The van der Waals surface area contributed by atoms with Gasteiger partial charge in [0.2, 0.25) is 0 Å². The maximum Gasteiger partial charge on any atom is 0.317 e. The number of urea groups is 1. The van der Waals surface area contributed by atoms with E-state index in [1.54, 1.807) is 0 Å². The zero-order chi connectivity index (χ0) is 18.0. The number of amides is 2. The molecule has 1 aromatic rings. The molecule has 1 N–H and O–H groups in total. The number of aromatic nitrogens is 2. The number of carbonyl (C=O) groups is 1. The number of ether oxygens (including phenoxy) is 1. The summed E-state index contributed by atoms with van der Waals surface area (Å²) in [6.07, 6.45) is 2.20. The summed E-state index contributed by atoms with van der Waals surface area (Å²) in [6, 6.07) is 0.407. The number of hydrogen-bond donors (Lipinski definition) is 1. The molecular formula is C18H31N5O2. The largest absolute Gasteiger partial charge is 0.380 e. The molecule has 1 saturated carbocycles. The van der Waals surface area contributed by atoms with E-state index in [9.17, 15) is 4.79 Å². The van der Waals surface area contributed by atoms with Crippen molar-refractivity contribution in [3.05, 3.63) is 17.0 Å². The monoisotopic (exact) mass is 349 g/mol. The van der Waals surface area contributed by atoms with Crippen molar-refractivity contribution < 1.29 is 9.53 Å². The molecule has 140 valence electrons. The molecule has 2 fully saturated rings. The molecule has 1 saturated heterocycles. The highest BCUT2D eigenvalue weighted by Gasteiger charge is 2.34. The quantitative estimate of drug-likeness (QED) is 0.870. The average molecular weight is 349 g/mol. The van der Waals surface area contributed by atoms with Gasteiger partial charge in [0, 0.05) is 49.9 Å². The van der Waals surface area contributed by atoms with E-state index in [2.05, 4.69) is 29.3 Å². The zero-order valence-corrected chi connectivity index (χ0v) is 15.9. The van der Waals surface area contributed by atoms with E-state index in [1.165, 1.54) is 5.56 Å². The van der Waals surface area contributed by atoms with Crippen LogP contribution in [0.5, 0.6) is 0 Å². The van der Waals surface area contributed by atoms with Gasteiger partial charge in [-0.1, -0.05) is 0 Å². The number of nitrogens with zero attached hydrogens (tertiary/aromatic N) is 4. The lowest BCUT2D eigenvalue weighted by atomic mass is 10.1. The molecule has 1 aliphatic carbocycles. The van der Waals surface area contributed by atoms with Gasteiger partial charge >= 0.3 is 6.03 Å². The van der Waals surface area contributed by atoms with Crippen molar-refractivity contribution in [3.63, 3.8) is 0 Å². The fraction of sp³-hybridized carbons (Fsp3) is 0.778. The molecule has 25 heavy (non-hydrogen) atoms. The normalized spacial score (nSPS) is 21.8. The zero-order valence-electron chi connectivity index (χ0n) is 15.9. The molecule has 0 radical (unpaired) electrons. The van der Waals surface area contributed by atoms with Crippen LogP contribution in [-0.4, -0.2) is 71.5 Å². The first-order chi connectivity index (χ1) is 12.0. The summed E-state index contributed by atoms with van der Waals surface area (Å²) in [7, 11) is 4.06. The Morgan fingerprint density at radius 1 is 1.36 bits per heavy atom. The van der Waals surface area contributed by atoms with E-state index in [1.807, 2.05) is 23.6 Å². The highest BCUT2D eigenvalue weighted by atomic mass is 16.5. The number of nitrogens with one attached hydrogen (secondary N) is 1. The van der Waals surface area contributed by atoms with Crippen molar-refractivity contribution in [2.24, 2.45) is 13.0 Å². The molecule has 0 aromatic carbocycles. The van der Waals surface area contributed by atoms with Crippen LogP contribution < -0.4 is 5.32 Å². The van der Waals surface area contributed by atoms with Crippen LogP contribution in [-0.2, 0) is 18.3 Å². The van der Waals surface area contributed by atoms with Gasteiger partial charge < -0.3 is 19.9 Å². The van der Waals surface area contributed by atoms with E-state index in [4.69, 9.17) is 4.74 Å². The molecule has 7 nitrogen and oxygen atoms in total. The number of aryl methyl sites for hydroxylation is 2. The first-order valence-electron chi connectivity index (χ1n) is 9.25. The summed E-state index contributed by atoms with van der Waals surface area (Å²) < 4.78 is 7.54. The van der Waals surface area contributed by atoms with Gasteiger partial charge in [0.1, 0.15) is 0 Å². The minimum Gasteiger partial charge on any atom is -0.380 e. The SMILES string of the molecule is Cc1nn(C)c(C)c1CN(C(=O)NC[C@H]1COCCN(C)C1)C1CC1. The summed E-state index contributed by atoms with van der Waals surface area (Å²) >= 11 is 0. The van der Waals surface area contributed by atoms with Crippen molar-refractivity contribution >= 4 is 6.03 Å². The Balaban J connectivity index is 1.59. The molecule has 1 aromatic heterocycles. The van der Waals surface area contributed by atoms with Crippen molar-refractivity contribution in [1.82, 2.24) is 24.9 Å². The van der Waals surface area contributed by atoms with Crippen LogP contribution in [0.4, 0.5) is 4.79 Å². The van der Waals surface area contributed by atoms with Gasteiger partial charge in [-0.3, -0.25) is 4.68 Å². The summed E-state index contributed by atoms with van der Waals surface area (Å²) in [5.41, 5.74) is 3.31. The number of carbonyl (C=O) groups excluding carboxylic acids is 1. The molecular weight excluding hydrogens is 318 g/mol. The van der Waals surface area contributed by atoms with Gasteiger partial charge in [-0.05, 0) is 33.7 Å². The van der Waals surface area contributed by atoms with E-state index >= 15 is 0 Å². The Hall–Kier alpha value is -1.60. The third-order valence-corrected chi connectivity index (χ3v) is 5.32. The topological polar surface area (TPSA) is 62.6 Å². The molecule has 2 amide bonds. The Bertz CT molecular complexity index is 611. The predicted molar refractivity (Wildman–Crippen MR) is 96.5 cm³/mol. The van der Waals surface area contributed by atoms with Crippen molar-refractivity contribution in [3.8, 4) is 0 Å². The van der Waals surface area contributed by atoms with E-state index in [0.29, 0.717) is 25.0 Å². The molecule has 1 atom stereocenters. The van der Waals surface area contributed by atoms with E-state index in [0.717, 1.165) is 50.5 Å². The third-order valence-electron chi connectivity index (χ3n) is 5.32. The summed E-state index contributed by atoms with van der Waals surface area (Å²) in [5, 5.41) is 7.62. The van der Waals surface area contributed by atoms with E-state index < -0.39 is 0 Å². The predicted octanol–water partition coefficient (Wildman–Crippen LogP) is 1.29. The minimum absolute atomic E-state index is 0.0389. The minimum atomic E-state index is 0.0389. The Morgan fingerprint density at radius 2 is 2.12 bits per heavy atom. The van der Waals surface area contributed by atoms with Crippen LogP contribution in [0.2, 0.25) is 0 Å². The fourth-order valence-electron chi connectivity index (χ4n) is 3.48. The van der Waals surface area contributed by atoms with Gasteiger partial charge in [-0.25, -0.2) is 4.79 Å². The molecule has 0 unspecified atom stereocenters. The second kappa shape index (κ2) is 7.74. The maximum absolute atomic E-state index is 12.8. The smallest absolute Gasteiger partial charge is 0.317 e. The Labute approximate surface area is 150 Å². The molecule has 1 aliphatic heterocycles. The molecule has 3 rings (SSSR count). The van der Waals surface area contributed by atoms with Crippen LogP contribution in [0.25, 0.3) is 0 Å². The van der Waals surface area contributed by atoms with Gasteiger partial charge in [0.25, 0.3) is 0 Å². The second-order valence-corrected chi connectivity index (χ2v) is 7.52. The summed E-state index contributed by atoms with van der Waals surface area (Å²) in [5.74, 6) is 0.347. The van der Waals surface area contributed by atoms with Gasteiger partial charge in [0.15, 0.2) is 0 Å². The highest BCUT2D eigenvalue weighted by Crippen LogP contribution is 2.29. The number of rotatable bonds is 5. The lowest BCUT2D eigenvalue weighted by Crippen LogP contribution is -2.44. The van der Waals surface area contributed by atoms with Gasteiger partial charge in [-0.2, -0.15) is 5.10 Å². The van der Waals surface area contributed by atoms with Crippen molar-refractivity contribution in [2.75, 3.05) is 39.9 Å². The standard InChI is InChI=1S/C18H31N5O2/c1-13-17(14(2)22(4)20-13)11-23(16-5-6-16)18(24)19-9-15-10-21(3)7-8-25-12-15/h15-16H,5-12H2,1-4H3,(H,19,24)/t15-/m1/s1. The first kappa shape index (κ1) is 18.2. The number of likely N-dealkylation sites (N-methyl/N-ethyl adjacent to an activating group) is 1. The van der Waals surface area contributed by atoms with Crippen LogP contribution >= 0.6 is 0 Å². The van der Waals surface area contributed by atoms with Crippen molar-refractivity contribution in [1.29, 1.82) is 0 Å².